The highest BCUT2D eigenvalue weighted by Crippen LogP contribution is 2.46. The Kier molecular flexibility index (Phi) is 5.39. The smallest absolute Gasteiger partial charge is 0.362 e. The number of hydrogen-bond acceptors (Lipinski definition) is 5. The predicted octanol–water partition coefficient (Wildman–Crippen LogP) is 4.34. The fourth-order valence-corrected chi connectivity index (χ4v) is 4.73. The Morgan fingerprint density at radius 2 is 2.23 bits per heavy atom. The molecule has 30 heavy (non-hydrogen) atoms. The van der Waals surface area contributed by atoms with E-state index in [-0.39, 0.29) is 29.0 Å². The van der Waals surface area contributed by atoms with Gasteiger partial charge in [0.2, 0.25) is 0 Å². The van der Waals surface area contributed by atoms with Crippen LogP contribution < -0.4 is 10.6 Å². The fraction of sp³-hybridized carbons (Fsp3) is 0.389. The molecule has 0 aromatic carbocycles. The third kappa shape index (κ3) is 3.73. The minimum atomic E-state index is -4.50. The lowest BCUT2D eigenvalue weighted by Crippen LogP contribution is -2.35. The minimum absolute atomic E-state index is 0.0971. The SMILES string of the molecule is Cc1c(CNC(=O)c2nn3c(c2Br)N[C@@H](c2cccs2)C[C@@H]3C(F)(F)F)cnn1C. The maximum atomic E-state index is 13.8. The third-order valence-corrected chi connectivity index (χ3v) is 6.91. The van der Waals surface area contributed by atoms with Gasteiger partial charge in [0.05, 0.1) is 16.7 Å². The molecule has 12 heteroatoms. The molecule has 1 amide bonds. The molecule has 0 bridgehead atoms. The van der Waals surface area contributed by atoms with Crippen LogP contribution in [0, 0.1) is 6.92 Å². The van der Waals surface area contributed by atoms with Crippen molar-refractivity contribution in [2.75, 3.05) is 5.32 Å². The lowest BCUT2D eigenvalue weighted by Gasteiger charge is -2.33. The van der Waals surface area contributed by atoms with Gasteiger partial charge in [-0.15, -0.1) is 11.3 Å². The van der Waals surface area contributed by atoms with Gasteiger partial charge in [-0.1, -0.05) is 6.07 Å². The van der Waals surface area contributed by atoms with Crippen LogP contribution in [-0.2, 0) is 13.6 Å². The van der Waals surface area contributed by atoms with E-state index in [4.69, 9.17) is 0 Å². The molecule has 7 nitrogen and oxygen atoms in total. The van der Waals surface area contributed by atoms with Gasteiger partial charge in [0.25, 0.3) is 5.91 Å². The average molecular weight is 503 g/mol. The van der Waals surface area contributed by atoms with Gasteiger partial charge in [0.1, 0.15) is 5.82 Å². The number of carbonyl (C=O) groups is 1. The molecular weight excluding hydrogens is 485 g/mol. The Hall–Kier alpha value is -2.34. The van der Waals surface area contributed by atoms with E-state index in [2.05, 4.69) is 36.8 Å². The van der Waals surface area contributed by atoms with Crippen LogP contribution >= 0.6 is 27.3 Å². The number of carbonyl (C=O) groups excluding carboxylic acids is 1. The van der Waals surface area contributed by atoms with Gasteiger partial charge in [-0.2, -0.15) is 23.4 Å². The Labute approximate surface area is 182 Å². The highest BCUT2D eigenvalue weighted by Gasteiger charge is 2.48. The number of nitrogens with one attached hydrogen (secondary N) is 2. The predicted molar refractivity (Wildman–Crippen MR) is 109 cm³/mol. The second-order valence-electron chi connectivity index (χ2n) is 7.02. The largest absolute Gasteiger partial charge is 0.410 e. The van der Waals surface area contributed by atoms with Gasteiger partial charge >= 0.3 is 6.18 Å². The molecule has 2 atom stereocenters. The summed E-state index contributed by atoms with van der Waals surface area (Å²) in [5.74, 6) is -0.424. The summed E-state index contributed by atoms with van der Waals surface area (Å²) >= 11 is 4.66. The molecule has 160 valence electrons. The summed E-state index contributed by atoms with van der Waals surface area (Å²) in [4.78, 5) is 13.5. The van der Waals surface area contributed by atoms with Crippen molar-refractivity contribution in [3.8, 4) is 0 Å². The zero-order valence-electron chi connectivity index (χ0n) is 16.0. The van der Waals surface area contributed by atoms with Crippen LogP contribution in [-0.4, -0.2) is 31.6 Å². The van der Waals surface area contributed by atoms with Crippen molar-refractivity contribution >= 4 is 39.0 Å². The Bertz CT molecular complexity index is 1070. The first-order chi connectivity index (χ1) is 14.2. The molecule has 4 heterocycles. The monoisotopic (exact) mass is 502 g/mol. The van der Waals surface area contributed by atoms with Gasteiger partial charge in [0, 0.05) is 36.1 Å². The van der Waals surface area contributed by atoms with Crippen molar-refractivity contribution in [1.29, 1.82) is 0 Å². The first-order valence-electron chi connectivity index (χ1n) is 9.07. The van der Waals surface area contributed by atoms with Crippen LogP contribution in [0.4, 0.5) is 19.0 Å². The second-order valence-corrected chi connectivity index (χ2v) is 8.79. The molecule has 1 aliphatic rings. The standard InChI is InChI=1S/C18H18BrF3N6OS/c1-9-10(8-24-27(9)2)7-23-17(29)15-14(19)16-25-11(12-4-3-5-30-12)6-13(18(20,21)22)28(16)26-15/h3-5,8,11,13,25H,6-7H2,1-2H3,(H,23,29)/t11-,13-/m1/s1. The molecule has 2 N–H and O–H groups in total. The van der Waals surface area contributed by atoms with E-state index < -0.39 is 24.2 Å². The van der Waals surface area contributed by atoms with E-state index in [9.17, 15) is 18.0 Å². The molecule has 4 rings (SSSR count). The van der Waals surface area contributed by atoms with Crippen molar-refractivity contribution in [2.24, 2.45) is 7.05 Å². The number of anilines is 1. The van der Waals surface area contributed by atoms with Crippen LogP contribution in [0.1, 0.15) is 45.1 Å². The van der Waals surface area contributed by atoms with Crippen LogP contribution in [0.3, 0.4) is 0 Å². The molecular formula is C18H18BrF3N6OS. The summed E-state index contributed by atoms with van der Waals surface area (Å²) in [5, 5.41) is 15.7. The quantitative estimate of drug-likeness (QED) is 0.556. The summed E-state index contributed by atoms with van der Waals surface area (Å²) in [6.45, 7) is 2.06. The van der Waals surface area contributed by atoms with Crippen molar-refractivity contribution in [3.63, 3.8) is 0 Å². The van der Waals surface area contributed by atoms with Crippen LogP contribution in [0.2, 0.25) is 0 Å². The highest BCUT2D eigenvalue weighted by atomic mass is 79.9. The molecule has 0 saturated carbocycles. The van der Waals surface area contributed by atoms with Gasteiger partial charge in [-0.05, 0) is 34.3 Å². The number of amides is 1. The van der Waals surface area contributed by atoms with Gasteiger partial charge in [-0.25, -0.2) is 4.68 Å². The maximum absolute atomic E-state index is 13.8. The van der Waals surface area contributed by atoms with Crippen LogP contribution in [0.25, 0.3) is 0 Å². The molecule has 0 aliphatic carbocycles. The average Bonchev–Trinajstić information content (AvgIpc) is 3.41. The van der Waals surface area contributed by atoms with Crippen molar-refractivity contribution in [1.82, 2.24) is 24.9 Å². The van der Waals surface area contributed by atoms with Gasteiger partial charge in [0.15, 0.2) is 11.7 Å². The lowest BCUT2D eigenvalue weighted by molar-refractivity contribution is -0.173. The third-order valence-electron chi connectivity index (χ3n) is 5.17. The zero-order valence-corrected chi connectivity index (χ0v) is 18.4. The Morgan fingerprint density at radius 1 is 1.47 bits per heavy atom. The fourth-order valence-electron chi connectivity index (χ4n) is 3.39. The van der Waals surface area contributed by atoms with Crippen molar-refractivity contribution in [3.05, 3.63) is 50.0 Å². The van der Waals surface area contributed by atoms with Gasteiger partial charge < -0.3 is 10.6 Å². The molecule has 1 aliphatic heterocycles. The summed E-state index contributed by atoms with van der Waals surface area (Å²) in [6, 6.07) is 1.23. The van der Waals surface area contributed by atoms with E-state index in [1.165, 1.54) is 11.3 Å². The first kappa shape index (κ1) is 20.9. The van der Waals surface area contributed by atoms with Crippen molar-refractivity contribution < 1.29 is 18.0 Å². The summed E-state index contributed by atoms with van der Waals surface area (Å²) < 4.78 is 44.1. The molecule has 3 aromatic rings. The molecule has 0 saturated heterocycles. The first-order valence-corrected chi connectivity index (χ1v) is 10.7. The zero-order chi connectivity index (χ0) is 21.6. The number of fused-ring (bicyclic) bond motifs is 1. The summed E-state index contributed by atoms with van der Waals surface area (Å²) in [5.41, 5.74) is 1.60. The minimum Gasteiger partial charge on any atom is -0.362 e. The van der Waals surface area contributed by atoms with Crippen molar-refractivity contribution in [2.45, 2.75) is 38.1 Å². The summed E-state index contributed by atoms with van der Waals surface area (Å²) in [6.07, 6.45) is -3.07. The van der Waals surface area contributed by atoms with E-state index in [1.54, 1.807) is 30.1 Å². The van der Waals surface area contributed by atoms with Crippen LogP contribution in [0.15, 0.2) is 28.2 Å². The van der Waals surface area contributed by atoms with E-state index in [0.29, 0.717) is 0 Å². The molecule has 0 fully saturated rings. The maximum Gasteiger partial charge on any atom is 0.410 e. The molecule has 3 aromatic heterocycles. The molecule has 0 radical (unpaired) electrons. The molecule has 0 spiro atoms. The van der Waals surface area contributed by atoms with Gasteiger partial charge in [-0.3, -0.25) is 9.48 Å². The normalized spacial score (nSPS) is 18.7. The number of aryl methyl sites for hydroxylation is 1. The molecule has 0 unspecified atom stereocenters. The lowest BCUT2D eigenvalue weighted by atomic mass is 10.0. The number of rotatable bonds is 4. The number of hydrogen-bond donors (Lipinski definition) is 2. The highest BCUT2D eigenvalue weighted by molar-refractivity contribution is 9.10. The Balaban J connectivity index is 1.63. The number of thiophene rings is 1. The summed E-state index contributed by atoms with van der Waals surface area (Å²) in [7, 11) is 1.79. The van der Waals surface area contributed by atoms with E-state index in [1.807, 2.05) is 12.3 Å². The number of aromatic nitrogens is 4. The topological polar surface area (TPSA) is 76.8 Å². The number of nitrogens with zero attached hydrogens (tertiary/aromatic N) is 4. The van der Waals surface area contributed by atoms with Crippen LogP contribution in [0.5, 0.6) is 0 Å². The Morgan fingerprint density at radius 3 is 2.83 bits per heavy atom. The van der Waals surface area contributed by atoms with E-state index in [0.717, 1.165) is 20.8 Å². The number of halogens is 4. The van der Waals surface area contributed by atoms with E-state index >= 15 is 0 Å². The number of alkyl halides is 3. The second kappa shape index (κ2) is 7.73.